The van der Waals surface area contributed by atoms with Gasteiger partial charge in [-0.3, -0.25) is 4.90 Å². The van der Waals surface area contributed by atoms with Gasteiger partial charge in [-0.15, -0.1) is 0 Å². The molecule has 0 spiro atoms. The maximum absolute atomic E-state index is 4.94. The van der Waals surface area contributed by atoms with E-state index >= 15 is 0 Å². The zero-order valence-electron chi connectivity index (χ0n) is 10.2. The van der Waals surface area contributed by atoms with Crippen LogP contribution in [0.25, 0.3) is 0 Å². The molecule has 2 heterocycles. The van der Waals surface area contributed by atoms with Crippen molar-refractivity contribution in [2.45, 2.75) is 38.8 Å². The highest BCUT2D eigenvalue weighted by Gasteiger charge is 2.31. The van der Waals surface area contributed by atoms with Crippen LogP contribution in [0.4, 0.5) is 0 Å². The van der Waals surface area contributed by atoms with Crippen LogP contribution >= 0.6 is 0 Å². The maximum Gasteiger partial charge on any atom is 0.316 e. The van der Waals surface area contributed by atoms with Gasteiger partial charge in [-0.2, -0.15) is 0 Å². The smallest absolute Gasteiger partial charge is 0.316 e. The van der Waals surface area contributed by atoms with Crippen LogP contribution in [0.2, 0.25) is 0 Å². The third-order valence-electron chi connectivity index (χ3n) is 3.31. The fourth-order valence-corrected chi connectivity index (χ4v) is 2.21. The van der Waals surface area contributed by atoms with Gasteiger partial charge in [0.2, 0.25) is 0 Å². The molecule has 0 aromatic carbocycles. The van der Waals surface area contributed by atoms with Gasteiger partial charge in [-0.25, -0.2) is 9.97 Å². The minimum absolute atomic E-state index is 0.305. The Morgan fingerprint density at radius 1 is 1.38 bits per heavy atom. The first-order valence-corrected chi connectivity index (χ1v) is 5.72. The van der Waals surface area contributed by atoms with Crippen LogP contribution in [0.5, 0.6) is 6.01 Å². The Bertz CT molecular complexity index is 348. The van der Waals surface area contributed by atoms with Crippen molar-refractivity contribution in [2.75, 3.05) is 13.7 Å². The number of ether oxygens (including phenoxy) is 1. The molecule has 0 aliphatic carbocycles. The summed E-state index contributed by atoms with van der Waals surface area (Å²) in [5.41, 5.74) is 1.45. The van der Waals surface area contributed by atoms with Crippen molar-refractivity contribution in [1.82, 2.24) is 14.9 Å². The quantitative estimate of drug-likeness (QED) is 0.781. The van der Waals surface area contributed by atoms with Crippen molar-refractivity contribution < 1.29 is 4.74 Å². The summed E-state index contributed by atoms with van der Waals surface area (Å²) in [6, 6.07) is 0.435. The van der Waals surface area contributed by atoms with Crippen molar-refractivity contribution in [3.05, 3.63) is 18.0 Å². The topological polar surface area (TPSA) is 38.2 Å². The summed E-state index contributed by atoms with van der Waals surface area (Å²) >= 11 is 0. The van der Waals surface area contributed by atoms with Crippen LogP contribution in [0.15, 0.2) is 12.4 Å². The summed E-state index contributed by atoms with van der Waals surface area (Å²) < 4.78 is 4.94. The number of likely N-dealkylation sites (tertiary alicyclic amines) is 1. The molecule has 0 saturated carbocycles. The number of hydrogen-bond acceptors (Lipinski definition) is 4. The van der Waals surface area contributed by atoms with Crippen molar-refractivity contribution in [3.63, 3.8) is 0 Å². The first kappa shape index (κ1) is 11.3. The lowest BCUT2D eigenvalue weighted by atomic mass is 10.0. The first-order valence-electron chi connectivity index (χ1n) is 5.72. The van der Waals surface area contributed by atoms with Crippen LogP contribution in [-0.4, -0.2) is 34.1 Å². The van der Waals surface area contributed by atoms with Gasteiger partial charge in [0, 0.05) is 30.0 Å². The van der Waals surface area contributed by atoms with Gasteiger partial charge in [-0.1, -0.05) is 0 Å². The van der Waals surface area contributed by atoms with Crippen LogP contribution < -0.4 is 4.74 Å². The van der Waals surface area contributed by atoms with Gasteiger partial charge in [0.1, 0.15) is 0 Å². The van der Waals surface area contributed by atoms with E-state index in [4.69, 9.17) is 4.74 Å². The van der Waals surface area contributed by atoms with Gasteiger partial charge in [0.25, 0.3) is 0 Å². The molecule has 0 atom stereocenters. The fraction of sp³-hybridized carbons (Fsp3) is 0.667. The van der Waals surface area contributed by atoms with Crippen LogP contribution in [0, 0.1) is 0 Å². The average molecular weight is 221 g/mol. The maximum atomic E-state index is 4.94. The van der Waals surface area contributed by atoms with Crippen LogP contribution in [0.1, 0.15) is 32.3 Å². The molecule has 1 aliphatic rings. The molecule has 1 aromatic rings. The molecule has 16 heavy (non-hydrogen) atoms. The third-order valence-corrected chi connectivity index (χ3v) is 3.31. The number of nitrogens with zero attached hydrogens (tertiary/aromatic N) is 3. The Kier molecular flexibility index (Phi) is 3.10. The Hall–Kier alpha value is -1.16. The van der Waals surface area contributed by atoms with Crippen LogP contribution in [-0.2, 0) is 6.54 Å². The highest BCUT2D eigenvalue weighted by Crippen LogP contribution is 2.29. The van der Waals surface area contributed by atoms with Gasteiger partial charge < -0.3 is 4.74 Å². The summed E-state index contributed by atoms with van der Waals surface area (Å²) in [4.78, 5) is 10.7. The van der Waals surface area contributed by atoms with E-state index in [0.29, 0.717) is 11.5 Å². The molecule has 88 valence electrons. The standard InChI is InChI=1S/C12H19N3O/c1-12(2)5-4-6-15(12)9-10-7-13-11(16-3)14-8-10/h7-8H,4-6,9H2,1-3H3. The number of aromatic nitrogens is 2. The van der Waals surface area contributed by atoms with Crippen molar-refractivity contribution in [2.24, 2.45) is 0 Å². The second-order valence-electron chi connectivity index (χ2n) is 4.92. The predicted molar refractivity (Wildman–Crippen MR) is 62.3 cm³/mol. The fourth-order valence-electron chi connectivity index (χ4n) is 2.21. The molecule has 1 fully saturated rings. The molecule has 4 heteroatoms. The predicted octanol–water partition coefficient (Wildman–Crippen LogP) is 1.86. The van der Waals surface area contributed by atoms with E-state index in [1.165, 1.54) is 19.4 Å². The molecule has 0 amide bonds. The molecule has 1 aliphatic heterocycles. The van der Waals surface area contributed by atoms with Gasteiger partial charge >= 0.3 is 6.01 Å². The van der Waals surface area contributed by atoms with Crippen LogP contribution in [0.3, 0.4) is 0 Å². The molecule has 0 unspecified atom stereocenters. The largest absolute Gasteiger partial charge is 0.467 e. The van der Waals surface area contributed by atoms with Crippen molar-refractivity contribution >= 4 is 0 Å². The summed E-state index contributed by atoms with van der Waals surface area (Å²) in [7, 11) is 1.58. The summed E-state index contributed by atoms with van der Waals surface area (Å²) in [5, 5.41) is 0. The van der Waals surface area contributed by atoms with Crippen molar-refractivity contribution in [3.8, 4) is 6.01 Å². The lowest BCUT2D eigenvalue weighted by Gasteiger charge is -2.31. The zero-order valence-corrected chi connectivity index (χ0v) is 10.2. The average Bonchev–Trinajstić information content (AvgIpc) is 2.59. The molecule has 1 saturated heterocycles. The Labute approximate surface area is 96.7 Å². The minimum Gasteiger partial charge on any atom is -0.467 e. The molecular weight excluding hydrogens is 202 g/mol. The van der Waals surface area contributed by atoms with E-state index < -0.39 is 0 Å². The molecule has 4 nitrogen and oxygen atoms in total. The minimum atomic E-state index is 0.305. The van der Waals surface area contributed by atoms with E-state index in [-0.39, 0.29) is 0 Å². The summed E-state index contributed by atoms with van der Waals surface area (Å²) in [5.74, 6) is 0. The molecule has 1 aromatic heterocycles. The monoisotopic (exact) mass is 221 g/mol. The zero-order chi connectivity index (χ0) is 11.6. The van der Waals surface area contributed by atoms with Gasteiger partial charge in [-0.05, 0) is 33.2 Å². The lowest BCUT2D eigenvalue weighted by molar-refractivity contribution is 0.166. The normalized spacial score (nSPS) is 19.9. The number of hydrogen-bond donors (Lipinski definition) is 0. The molecule has 0 radical (unpaired) electrons. The summed E-state index contributed by atoms with van der Waals surface area (Å²) in [6.07, 6.45) is 6.24. The molecular formula is C12H19N3O. The highest BCUT2D eigenvalue weighted by atomic mass is 16.5. The Morgan fingerprint density at radius 3 is 2.56 bits per heavy atom. The van der Waals surface area contributed by atoms with Gasteiger partial charge in [0.15, 0.2) is 0 Å². The second kappa shape index (κ2) is 4.37. The second-order valence-corrected chi connectivity index (χ2v) is 4.92. The Balaban J connectivity index is 2.03. The SMILES string of the molecule is COc1ncc(CN2CCCC2(C)C)cn1. The van der Waals surface area contributed by atoms with Crippen molar-refractivity contribution in [1.29, 1.82) is 0 Å². The van der Waals surface area contributed by atoms with E-state index in [0.717, 1.165) is 12.1 Å². The highest BCUT2D eigenvalue weighted by molar-refractivity contribution is 5.08. The third kappa shape index (κ3) is 2.32. The van der Waals surface area contributed by atoms with Gasteiger partial charge in [0.05, 0.1) is 7.11 Å². The molecule has 0 bridgehead atoms. The molecule has 0 N–H and O–H groups in total. The lowest BCUT2D eigenvalue weighted by Crippen LogP contribution is -2.37. The molecule has 2 rings (SSSR count). The Morgan fingerprint density at radius 2 is 2.06 bits per heavy atom. The summed E-state index contributed by atoms with van der Waals surface area (Å²) in [6.45, 7) is 6.69. The van der Waals surface area contributed by atoms with E-state index in [2.05, 4.69) is 28.7 Å². The van der Waals surface area contributed by atoms with E-state index in [1.807, 2.05) is 12.4 Å². The number of rotatable bonds is 3. The first-order chi connectivity index (χ1) is 7.62. The van der Waals surface area contributed by atoms with E-state index in [1.54, 1.807) is 7.11 Å². The number of methoxy groups -OCH3 is 1. The van der Waals surface area contributed by atoms with E-state index in [9.17, 15) is 0 Å².